The van der Waals surface area contributed by atoms with Crippen molar-refractivity contribution in [3.05, 3.63) is 48.6 Å². The zero-order valence-electron chi connectivity index (χ0n) is 65.4. The molecule has 0 aromatic rings. The minimum absolute atomic E-state index is 0.0575. The maximum absolute atomic E-state index is 12.4. The molecule has 1 N–H and O–H groups in total. The van der Waals surface area contributed by atoms with Crippen LogP contribution >= 0.6 is 0 Å². The van der Waals surface area contributed by atoms with Crippen molar-refractivity contribution in [1.82, 2.24) is 0 Å². The number of ether oxygens (including phenoxy) is 2. The summed E-state index contributed by atoms with van der Waals surface area (Å²) in [6.45, 7) is 4.11. The monoisotopic (exact) mass is 1350 g/mol. The molecule has 0 aliphatic heterocycles. The summed E-state index contributed by atoms with van der Waals surface area (Å²) in [4.78, 5) is 24.8. The van der Waals surface area contributed by atoms with Crippen molar-refractivity contribution in [3.8, 4) is 0 Å². The SMILES string of the molecule is CC/C=C\C/C=C\C/C=C\C/C=C\CCCCCCCCCCCCCCCCCCCCCCCCCCCCCCC(=O)OC(CO)COC(=O)CCCCCCCCCCCCCCCCCCCCCCCCCCCCCCCCCCCCCCCCCCC. The average molecular weight is 1350 g/mol. The minimum atomic E-state index is -0.770. The first kappa shape index (κ1) is 93.9. The Balaban J connectivity index is 3.33. The van der Waals surface area contributed by atoms with Gasteiger partial charge in [0, 0.05) is 12.8 Å². The first-order valence-electron chi connectivity index (χ1n) is 44.2. The van der Waals surface area contributed by atoms with Crippen LogP contribution in [0.4, 0.5) is 0 Å². The highest BCUT2D eigenvalue weighted by Crippen LogP contribution is 2.21. The number of allylic oxidation sites excluding steroid dienone is 8. The average Bonchev–Trinajstić information content (AvgIpc) is 3.79. The highest BCUT2D eigenvalue weighted by Gasteiger charge is 2.16. The second kappa shape index (κ2) is 87.1. The first-order valence-corrected chi connectivity index (χ1v) is 44.2. The van der Waals surface area contributed by atoms with Gasteiger partial charge in [0.15, 0.2) is 6.10 Å². The van der Waals surface area contributed by atoms with Crippen LogP contribution in [0.1, 0.15) is 502 Å². The van der Waals surface area contributed by atoms with Gasteiger partial charge in [0.1, 0.15) is 6.61 Å². The Morgan fingerprint density at radius 1 is 0.250 bits per heavy atom. The molecule has 0 aliphatic carbocycles. The molecule has 0 saturated carbocycles. The molecule has 0 aliphatic rings. The summed E-state index contributed by atoms with van der Waals surface area (Å²) < 4.78 is 10.8. The largest absolute Gasteiger partial charge is 0.462 e. The smallest absolute Gasteiger partial charge is 0.306 e. The number of aliphatic hydroxyl groups is 1. The van der Waals surface area contributed by atoms with E-state index in [1.54, 1.807) is 0 Å². The number of carbonyl (C=O) groups excluding carboxylic acids is 2. The van der Waals surface area contributed by atoms with Gasteiger partial charge in [0.25, 0.3) is 0 Å². The summed E-state index contributed by atoms with van der Waals surface area (Å²) >= 11 is 0. The van der Waals surface area contributed by atoms with E-state index in [4.69, 9.17) is 9.47 Å². The van der Waals surface area contributed by atoms with Crippen molar-refractivity contribution in [2.45, 2.75) is 508 Å². The lowest BCUT2D eigenvalue weighted by atomic mass is 10.0. The predicted molar refractivity (Wildman–Crippen MR) is 427 cm³/mol. The molecular formula is C91H172O5. The molecule has 0 aromatic heterocycles. The van der Waals surface area contributed by atoms with Crippen LogP contribution in [0.5, 0.6) is 0 Å². The summed E-state index contributed by atoms with van der Waals surface area (Å²) in [6.07, 6.45) is 120. The highest BCUT2D eigenvalue weighted by molar-refractivity contribution is 5.70. The van der Waals surface area contributed by atoms with Crippen LogP contribution in [0.25, 0.3) is 0 Å². The maximum Gasteiger partial charge on any atom is 0.306 e. The second-order valence-electron chi connectivity index (χ2n) is 30.3. The van der Waals surface area contributed by atoms with Gasteiger partial charge in [-0.15, -0.1) is 0 Å². The molecule has 0 rings (SSSR count). The van der Waals surface area contributed by atoms with Gasteiger partial charge in [-0.05, 0) is 51.4 Å². The van der Waals surface area contributed by atoms with E-state index in [1.807, 2.05) is 0 Å². The number of rotatable bonds is 84. The van der Waals surface area contributed by atoms with Gasteiger partial charge in [-0.3, -0.25) is 9.59 Å². The van der Waals surface area contributed by atoms with E-state index in [1.165, 1.54) is 417 Å². The summed E-state index contributed by atoms with van der Waals surface area (Å²) in [5.41, 5.74) is 0. The molecule has 0 spiro atoms. The molecule has 5 nitrogen and oxygen atoms in total. The zero-order chi connectivity index (χ0) is 69.0. The fourth-order valence-corrected chi connectivity index (χ4v) is 14.1. The third-order valence-electron chi connectivity index (χ3n) is 20.6. The van der Waals surface area contributed by atoms with E-state index in [0.29, 0.717) is 12.8 Å². The fraction of sp³-hybridized carbons (Fsp3) is 0.890. The Morgan fingerprint density at radius 2 is 0.448 bits per heavy atom. The molecule has 0 heterocycles. The van der Waals surface area contributed by atoms with Crippen molar-refractivity contribution in [2.24, 2.45) is 0 Å². The third-order valence-corrected chi connectivity index (χ3v) is 20.6. The van der Waals surface area contributed by atoms with Crippen molar-refractivity contribution in [1.29, 1.82) is 0 Å². The van der Waals surface area contributed by atoms with Crippen LogP contribution in [0.15, 0.2) is 48.6 Å². The zero-order valence-corrected chi connectivity index (χ0v) is 65.4. The highest BCUT2D eigenvalue weighted by atomic mass is 16.6. The van der Waals surface area contributed by atoms with E-state index in [9.17, 15) is 14.7 Å². The minimum Gasteiger partial charge on any atom is -0.462 e. The number of unbranched alkanes of at least 4 members (excludes halogenated alkanes) is 68. The molecule has 96 heavy (non-hydrogen) atoms. The van der Waals surface area contributed by atoms with Gasteiger partial charge in [0.05, 0.1) is 6.61 Å². The molecule has 5 heteroatoms. The normalized spacial score (nSPS) is 12.3. The van der Waals surface area contributed by atoms with Crippen LogP contribution in [-0.4, -0.2) is 36.4 Å². The van der Waals surface area contributed by atoms with Gasteiger partial charge < -0.3 is 14.6 Å². The molecule has 0 aromatic carbocycles. The summed E-state index contributed by atoms with van der Waals surface area (Å²) in [7, 11) is 0. The van der Waals surface area contributed by atoms with Gasteiger partial charge in [-0.25, -0.2) is 0 Å². The Kier molecular flexibility index (Phi) is 85.1. The Morgan fingerprint density at radius 3 is 0.677 bits per heavy atom. The fourth-order valence-electron chi connectivity index (χ4n) is 14.1. The summed E-state index contributed by atoms with van der Waals surface area (Å²) in [5.74, 6) is -0.558. The van der Waals surface area contributed by atoms with Crippen LogP contribution in [0, 0.1) is 0 Å². The lowest BCUT2D eigenvalue weighted by Gasteiger charge is -2.15. The number of esters is 2. The van der Waals surface area contributed by atoms with Gasteiger partial charge >= 0.3 is 11.9 Å². The molecule has 566 valence electrons. The topological polar surface area (TPSA) is 72.8 Å². The number of hydrogen-bond acceptors (Lipinski definition) is 5. The lowest BCUT2D eigenvalue weighted by Crippen LogP contribution is -2.28. The number of aliphatic hydroxyl groups excluding tert-OH is 1. The first-order chi connectivity index (χ1) is 47.6. The Labute approximate surface area is 602 Å². The molecule has 0 fully saturated rings. The van der Waals surface area contributed by atoms with Crippen LogP contribution in [0.2, 0.25) is 0 Å². The van der Waals surface area contributed by atoms with E-state index >= 15 is 0 Å². The quantitative estimate of drug-likeness (QED) is 0.0373. The third kappa shape index (κ3) is 84.3. The standard InChI is InChI=1S/C91H172O5/c1-3-5-7-9-11-13-15-17-19-21-23-25-27-29-31-33-35-37-39-41-43-45-47-49-51-53-55-57-59-61-63-65-67-69-71-73-75-77-79-81-83-85-90(93)95-88-89(87-92)96-91(94)86-84-82-80-78-76-74-72-70-68-66-64-62-60-58-56-54-52-50-48-46-44-42-40-38-36-34-32-30-28-26-24-22-20-18-16-14-12-10-8-6-4-2/h6,8,12,14,18,20,24,26,89,92H,3-5,7,9-11,13,15-17,19,21-23,25,27-88H2,1-2H3/b8-6-,14-12-,20-18-,26-24-. The van der Waals surface area contributed by atoms with E-state index in [-0.39, 0.29) is 25.2 Å². The van der Waals surface area contributed by atoms with Gasteiger partial charge in [-0.2, -0.15) is 0 Å². The molecule has 0 bridgehead atoms. The number of carbonyl (C=O) groups is 2. The van der Waals surface area contributed by atoms with E-state index in [0.717, 1.165) is 57.8 Å². The Bertz CT molecular complexity index is 1580. The summed E-state index contributed by atoms with van der Waals surface area (Å²) in [5, 5.41) is 9.75. The van der Waals surface area contributed by atoms with E-state index < -0.39 is 6.10 Å². The van der Waals surface area contributed by atoms with Crippen LogP contribution in [0.3, 0.4) is 0 Å². The van der Waals surface area contributed by atoms with Crippen molar-refractivity contribution in [3.63, 3.8) is 0 Å². The van der Waals surface area contributed by atoms with Crippen molar-refractivity contribution >= 4 is 11.9 Å². The molecule has 0 saturated heterocycles. The predicted octanol–water partition coefficient (Wildman–Crippen LogP) is 31.3. The van der Waals surface area contributed by atoms with Crippen molar-refractivity contribution < 1.29 is 24.2 Å². The Hall–Kier alpha value is -2.14. The van der Waals surface area contributed by atoms with Gasteiger partial charge in [-0.1, -0.05) is 486 Å². The molecule has 0 radical (unpaired) electrons. The molecule has 1 unspecified atom stereocenters. The lowest BCUT2D eigenvalue weighted by molar-refractivity contribution is -0.161. The maximum atomic E-state index is 12.4. The molecule has 1 atom stereocenters. The van der Waals surface area contributed by atoms with Crippen molar-refractivity contribution in [2.75, 3.05) is 13.2 Å². The van der Waals surface area contributed by atoms with E-state index in [2.05, 4.69) is 62.5 Å². The van der Waals surface area contributed by atoms with Crippen LogP contribution < -0.4 is 0 Å². The number of hydrogen-bond donors (Lipinski definition) is 1. The molecular weight excluding hydrogens is 1170 g/mol. The molecule has 0 amide bonds. The second-order valence-corrected chi connectivity index (χ2v) is 30.3. The summed E-state index contributed by atoms with van der Waals surface area (Å²) in [6, 6.07) is 0. The van der Waals surface area contributed by atoms with Crippen LogP contribution in [-0.2, 0) is 19.1 Å². The van der Waals surface area contributed by atoms with Gasteiger partial charge in [0.2, 0.25) is 0 Å².